The third-order valence-electron chi connectivity index (χ3n) is 10.1. The van der Waals surface area contributed by atoms with Crippen LogP contribution >= 0.6 is 23.2 Å². The lowest BCUT2D eigenvalue weighted by molar-refractivity contribution is -0.124. The van der Waals surface area contributed by atoms with E-state index in [0.717, 1.165) is 57.1 Å². The maximum atomic E-state index is 13.5. The van der Waals surface area contributed by atoms with E-state index in [1.54, 1.807) is 30.6 Å². The number of piperazine rings is 2. The summed E-state index contributed by atoms with van der Waals surface area (Å²) < 4.78 is 10.9. The van der Waals surface area contributed by atoms with Crippen LogP contribution in [0.5, 0.6) is 11.5 Å². The van der Waals surface area contributed by atoms with Crippen molar-refractivity contribution >= 4 is 57.8 Å². The van der Waals surface area contributed by atoms with Gasteiger partial charge in [-0.1, -0.05) is 65.7 Å². The highest BCUT2D eigenvalue weighted by atomic mass is 35.5. The zero-order valence-corrected chi connectivity index (χ0v) is 34.3. The van der Waals surface area contributed by atoms with Crippen LogP contribution in [0.2, 0.25) is 10.0 Å². The Morgan fingerprint density at radius 1 is 0.780 bits per heavy atom. The molecule has 15 nitrogen and oxygen atoms in total. The van der Waals surface area contributed by atoms with Gasteiger partial charge in [-0.15, -0.1) is 0 Å². The first-order chi connectivity index (χ1) is 28.7. The van der Waals surface area contributed by atoms with Gasteiger partial charge in [-0.2, -0.15) is 0 Å². The first kappa shape index (κ1) is 41.3. The van der Waals surface area contributed by atoms with Crippen LogP contribution in [0.1, 0.15) is 27.2 Å². The number of anilines is 2. The van der Waals surface area contributed by atoms with Crippen molar-refractivity contribution in [2.75, 3.05) is 71.1 Å². The quantitative estimate of drug-likeness (QED) is 0.129. The van der Waals surface area contributed by atoms with Crippen LogP contribution in [-0.4, -0.2) is 111 Å². The molecule has 5 N–H and O–H groups in total. The number of H-pyrrole nitrogens is 1. The predicted molar refractivity (Wildman–Crippen MR) is 229 cm³/mol. The number of nitrogens with zero attached hydrogens (tertiary/aromatic N) is 7. The minimum absolute atomic E-state index is 0.0729. The zero-order chi connectivity index (χ0) is 41.3. The van der Waals surface area contributed by atoms with Crippen molar-refractivity contribution in [3.8, 4) is 22.6 Å². The SMILES string of the molecule is COc1cc(OC)c(Cl)c(-c2ccc(C(=O)Nc3ccc(CN4CCN(Cc5ccccc5)CC4)cn3)c3nccnc23)c1Cl.Nc1ncc(CN2CCNC(=O)C2)[nH]1. The molecule has 0 bridgehead atoms. The van der Waals surface area contributed by atoms with Crippen molar-refractivity contribution in [3.63, 3.8) is 0 Å². The van der Waals surface area contributed by atoms with Crippen LogP contribution in [0.15, 0.2) is 85.5 Å². The summed E-state index contributed by atoms with van der Waals surface area (Å²) in [5.74, 6) is 1.37. The molecule has 6 aromatic rings. The third-order valence-corrected chi connectivity index (χ3v) is 10.8. The molecule has 2 amide bonds. The van der Waals surface area contributed by atoms with E-state index in [0.29, 0.717) is 80.7 Å². The molecule has 3 aromatic heterocycles. The van der Waals surface area contributed by atoms with Crippen LogP contribution in [0.3, 0.4) is 0 Å². The van der Waals surface area contributed by atoms with Gasteiger partial charge in [0, 0.05) is 94.7 Å². The Morgan fingerprint density at radius 2 is 1.46 bits per heavy atom. The number of aromatic nitrogens is 5. The minimum Gasteiger partial charge on any atom is -0.495 e. The van der Waals surface area contributed by atoms with E-state index in [-0.39, 0.29) is 11.8 Å². The number of rotatable bonds is 11. The van der Waals surface area contributed by atoms with Crippen molar-refractivity contribution in [3.05, 3.63) is 118 Å². The second kappa shape index (κ2) is 19.3. The molecule has 0 unspecified atom stereocenters. The number of amides is 2. The van der Waals surface area contributed by atoms with Crippen molar-refractivity contribution in [1.29, 1.82) is 0 Å². The standard InChI is InChI=1S/C34H32Cl2N6O3.C8H13N5O/c1-44-26-18-27(45-2)31(36)29(30(26)35)24-9-10-25(33-32(24)37-12-13-38-33)34(43)40-28-11-8-23(19-39-28)21-42-16-14-41(15-17-42)20-22-6-4-3-5-7-22;9-8-11-3-6(12-8)4-13-2-1-10-7(14)5-13/h3-13,18-19H,14-17,20-21H2,1-2H3,(H,39,40,43);3H,1-2,4-5H2,(H,10,14)(H3,9,11,12). The van der Waals surface area contributed by atoms with Gasteiger partial charge < -0.3 is 30.8 Å². The number of carbonyl (C=O) groups excluding carboxylic acids is 2. The van der Waals surface area contributed by atoms with Gasteiger partial charge in [0.25, 0.3) is 5.91 Å². The number of methoxy groups -OCH3 is 2. The molecule has 2 aliphatic rings. The number of imidazole rings is 1. The van der Waals surface area contributed by atoms with Gasteiger partial charge >= 0.3 is 0 Å². The van der Waals surface area contributed by atoms with Crippen LogP contribution < -0.4 is 25.8 Å². The molecule has 0 atom stereocenters. The fraction of sp³-hybridized carbons (Fsp3) is 0.286. The summed E-state index contributed by atoms with van der Waals surface area (Å²) in [5, 5.41) is 6.26. The molecule has 17 heteroatoms. The lowest BCUT2D eigenvalue weighted by atomic mass is 9.99. The second-order valence-electron chi connectivity index (χ2n) is 14.1. The minimum atomic E-state index is -0.359. The summed E-state index contributed by atoms with van der Waals surface area (Å²) in [7, 11) is 3.02. The number of pyridine rings is 1. The second-order valence-corrected chi connectivity index (χ2v) is 14.9. The number of nitrogens with one attached hydrogen (secondary N) is 3. The molecule has 3 aromatic carbocycles. The fourth-order valence-electron chi connectivity index (χ4n) is 7.07. The average Bonchev–Trinajstić information content (AvgIpc) is 3.66. The highest BCUT2D eigenvalue weighted by molar-refractivity contribution is 6.41. The molecule has 0 aliphatic carbocycles. The number of halogens is 2. The molecule has 306 valence electrons. The highest BCUT2D eigenvalue weighted by Crippen LogP contribution is 2.47. The largest absolute Gasteiger partial charge is 0.495 e. The highest BCUT2D eigenvalue weighted by Gasteiger charge is 2.24. The van der Waals surface area contributed by atoms with E-state index in [2.05, 4.69) is 75.7 Å². The number of carbonyl (C=O) groups is 2. The first-order valence-electron chi connectivity index (χ1n) is 19.1. The van der Waals surface area contributed by atoms with E-state index in [9.17, 15) is 9.59 Å². The third kappa shape index (κ3) is 10.2. The summed E-state index contributed by atoms with van der Waals surface area (Å²) in [6.07, 6.45) is 6.60. The van der Waals surface area contributed by atoms with Gasteiger partial charge in [0.2, 0.25) is 5.91 Å². The number of aromatic amines is 1. The zero-order valence-electron chi connectivity index (χ0n) is 32.8. The van der Waals surface area contributed by atoms with E-state index >= 15 is 0 Å². The van der Waals surface area contributed by atoms with Crippen molar-refractivity contribution in [2.45, 2.75) is 19.6 Å². The molecule has 0 spiro atoms. The lowest BCUT2D eigenvalue weighted by Gasteiger charge is -2.34. The molecule has 0 saturated carbocycles. The van der Waals surface area contributed by atoms with Crippen molar-refractivity contribution < 1.29 is 19.1 Å². The van der Waals surface area contributed by atoms with Gasteiger partial charge in [0.15, 0.2) is 5.95 Å². The number of nitrogen functional groups attached to an aromatic ring is 1. The van der Waals surface area contributed by atoms with Crippen LogP contribution in [0, 0.1) is 0 Å². The number of benzene rings is 3. The normalized spacial score (nSPS) is 14.9. The molecule has 2 saturated heterocycles. The topological polar surface area (TPSA) is 180 Å². The van der Waals surface area contributed by atoms with Crippen LogP contribution in [-0.2, 0) is 24.4 Å². The first-order valence-corrected chi connectivity index (χ1v) is 19.8. The summed E-state index contributed by atoms with van der Waals surface area (Å²) >= 11 is 13.4. The number of fused-ring (bicyclic) bond motifs is 1. The number of ether oxygens (including phenoxy) is 2. The Labute approximate surface area is 351 Å². The Kier molecular flexibility index (Phi) is 13.5. The lowest BCUT2D eigenvalue weighted by Crippen LogP contribution is -2.47. The summed E-state index contributed by atoms with van der Waals surface area (Å²) in [6, 6.07) is 19.4. The molecule has 5 heterocycles. The van der Waals surface area contributed by atoms with Gasteiger partial charge in [-0.25, -0.2) is 9.97 Å². The molecule has 59 heavy (non-hydrogen) atoms. The maximum absolute atomic E-state index is 13.5. The van der Waals surface area contributed by atoms with Gasteiger partial charge in [-0.3, -0.25) is 34.3 Å². The van der Waals surface area contributed by atoms with Gasteiger partial charge in [0.1, 0.15) is 22.8 Å². The van der Waals surface area contributed by atoms with Gasteiger partial charge in [0.05, 0.1) is 53.8 Å². The number of hydrogen-bond donors (Lipinski definition) is 4. The van der Waals surface area contributed by atoms with E-state index in [1.165, 1.54) is 26.0 Å². The number of hydrogen-bond acceptors (Lipinski definition) is 12. The molecule has 2 fully saturated rings. The van der Waals surface area contributed by atoms with Crippen LogP contribution in [0.4, 0.5) is 11.8 Å². The molecular weight excluding hydrogens is 793 g/mol. The summed E-state index contributed by atoms with van der Waals surface area (Å²) in [4.78, 5) is 51.8. The molecule has 8 rings (SSSR count). The Morgan fingerprint density at radius 3 is 2.07 bits per heavy atom. The maximum Gasteiger partial charge on any atom is 0.259 e. The Bertz CT molecular complexity index is 2360. The van der Waals surface area contributed by atoms with E-state index < -0.39 is 0 Å². The summed E-state index contributed by atoms with van der Waals surface area (Å²) in [6.45, 7) is 8.53. The summed E-state index contributed by atoms with van der Waals surface area (Å²) in [5.41, 5.74) is 11.1. The van der Waals surface area contributed by atoms with Crippen LogP contribution in [0.25, 0.3) is 22.2 Å². The van der Waals surface area contributed by atoms with E-state index in [4.69, 9.17) is 38.4 Å². The molecular formula is C42H45Cl2N11O4. The molecule has 2 aliphatic heterocycles. The van der Waals surface area contributed by atoms with Gasteiger partial charge in [-0.05, 0) is 23.3 Å². The van der Waals surface area contributed by atoms with E-state index in [1.807, 2.05) is 23.2 Å². The Hall–Kier alpha value is -5.84. The Balaban J connectivity index is 0.000000317. The average molecular weight is 839 g/mol. The monoisotopic (exact) mass is 837 g/mol. The molecule has 0 radical (unpaired) electrons. The van der Waals surface area contributed by atoms with Crippen molar-refractivity contribution in [1.82, 2.24) is 44.9 Å². The smallest absolute Gasteiger partial charge is 0.259 e. The van der Waals surface area contributed by atoms with Crippen molar-refractivity contribution in [2.24, 2.45) is 0 Å². The predicted octanol–water partition coefficient (Wildman–Crippen LogP) is 5.51. The fourth-order valence-corrected chi connectivity index (χ4v) is 7.77. The number of nitrogens with two attached hydrogens (primary N) is 1.